The van der Waals surface area contributed by atoms with Crippen molar-refractivity contribution in [2.75, 3.05) is 12.3 Å². The fourth-order valence-electron chi connectivity index (χ4n) is 2.43. The molecule has 0 spiro atoms. The number of hydrogen-bond donors (Lipinski definition) is 0. The topological polar surface area (TPSA) is 54.5 Å². The summed E-state index contributed by atoms with van der Waals surface area (Å²) in [6.07, 6.45) is 0.186. The number of amides is 2. The lowest BCUT2D eigenvalue weighted by Crippen LogP contribution is -2.32. The Bertz CT molecular complexity index is 723. The first-order chi connectivity index (χ1) is 11.2. The highest BCUT2D eigenvalue weighted by atomic mass is 32.2. The zero-order valence-corrected chi connectivity index (χ0v) is 13.2. The maximum absolute atomic E-state index is 12.2. The largest absolute Gasteiger partial charge is 0.299 e. The SMILES string of the molecule is O=C(CCN1C(=O)c2ccccc2C1=O)CSc1ccccc1. The molecule has 116 valence electrons. The summed E-state index contributed by atoms with van der Waals surface area (Å²) in [4.78, 5) is 38.6. The van der Waals surface area contributed by atoms with Gasteiger partial charge in [-0.3, -0.25) is 19.3 Å². The smallest absolute Gasteiger partial charge is 0.261 e. The van der Waals surface area contributed by atoms with Crippen LogP contribution in [0.2, 0.25) is 0 Å². The molecule has 0 unspecified atom stereocenters. The number of Topliss-reactive ketones (excluding diaryl/α,β-unsaturated/α-hetero) is 1. The van der Waals surface area contributed by atoms with E-state index in [0.717, 1.165) is 9.80 Å². The van der Waals surface area contributed by atoms with E-state index in [2.05, 4.69) is 0 Å². The van der Waals surface area contributed by atoms with Gasteiger partial charge in [-0.1, -0.05) is 30.3 Å². The van der Waals surface area contributed by atoms with Gasteiger partial charge in [-0.2, -0.15) is 0 Å². The standard InChI is InChI=1S/C18H15NO3S/c20-13(12-23-14-6-2-1-3-7-14)10-11-19-17(21)15-8-4-5-9-16(15)18(19)22/h1-9H,10-12H2. The van der Waals surface area contributed by atoms with Crippen LogP contribution in [0, 0.1) is 0 Å². The van der Waals surface area contributed by atoms with Gasteiger partial charge in [-0.05, 0) is 24.3 Å². The van der Waals surface area contributed by atoms with Gasteiger partial charge in [0.05, 0.1) is 16.9 Å². The zero-order valence-electron chi connectivity index (χ0n) is 12.4. The number of imide groups is 1. The molecule has 0 radical (unpaired) electrons. The number of nitrogens with zero attached hydrogens (tertiary/aromatic N) is 1. The summed E-state index contributed by atoms with van der Waals surface area (Å²) < 4.78 is 0. The second-order valence-corrected chi connectivity index (χ2v) is 6.25. The first kappa shape index (κ1) is 15.5. The van der Waals surface area contributed by atoms with Crippen molar-refractivity contribution in [3.63, 3.8) is 0 Å². The summed E-state index contributed by atoms with van der Waals surface area (Å²) in [5.41, 5.74) is 0.840. The molecule has 2 amide bonds. The summed E-state index contributed by atoms with van der Waals surface area (Å²) in [6, 6.07) is 16.4. The predicted molar refractivity (Wildman–Crippen MR) is 88.6 cm³/mol. The van der Waals surface area contributed by atoms with E-state index in [1.807, 2.05) is 30.3 Å². The lowest BCUT2D eigenvalue weighted by molar-refractivity contribution is -0.116. The minimum Gasteiger partial charge on any atom is -0.299 e. The van der Waals surface area contributed by atoms with E-state index in [4.69, 9.17) is 0 Å². The lowest BCUT2D eigenvalue weighted by Gasteiger charge is -2.12. The van der Waals surface area contributed by atoms with Crippen molar-refractivity contribution < 1.29 is 14.4 Å². The van der Waals surface area contributed by atoms with Gasteiger partial charge in [0.15, 0.2) is 0 Å². The normalized spacial score (nSPS) is 13.3. The van der Waals surface area contributed by atoms with Gasteiger partial charge in [0.1, 0.15) is 5.78 Å². The van der Waals surface area contributed by atoms with Gasteiger partial charge in [0.25, 0.3) is 11.8 Å². The summed E-state index contributed by atoms with van der Waals surface area (Å²) in [5.74, 6) is -0.258. The van der Waals surface area contributed by atoms with Crippen molar-refractivity contribution >= 4 is 29.4 Å². The van der Waals surface area contributed by atoms with Crippen LogP contribution < -0.4 is 0 Å². The van der Waals surface area contributed by atoms with Gasteiger partial charge in [0, 0.05) is 17.9 Å². The van der Waals surface area contributed by atoms with Gasteiger partial charge >= 0.3 is 0 Å². The van der Waals surface area contributed by atoms with E-state index in [0.29, 0.717) is 16.9 Å². The van der Waals surface area contributed by atoms with Crippen molar-refractivity contribution in [2.24, 2.45) is 0 Å². The van der Waals surface area contributed by atoms with Crippen LogP contribution in [0.3, 0.4) is 0 Å². The second-order valence-electron chi connectivity index (χ2n) is 5.20. The predicted octanol–water partition coefficient (Wildman–Crippen LogP) is 3.03. The minimum absolute atomic E-state index is 0.0235. The molecule has 0 saturated carbocycles. The number of rotatable bonds is 6. The van der Waals surface area contributed by atoms with Gasteiger partial charge in [-0.15, -0.1) is 11.8 Å². The van der Waals surface area contributed by atoms with Crippen LogP contribution >= 0.6 is 11.8 Å². The summed E-state index contributed by atoms with van der Waals surface area (Å²) in [7, 11) is 0. The fourth-order valence-corrected chi connectivity index (χ4v) is 3.25. The number of carbonyl (C=O) groups is 3. The molecule has 2 aromatic rings. The van der Waals surface area contributed by atoms with Crippen LogP contribution in [-0.2, 0) is 4.79 Å². The fraction of sp³-hybridized carbons (Fsp3) is 0.167. The molecule has 0 N–H and O–H groups in total. The van der Waals surface area contributed by atoms with Crippen molar-refractivity contribution in [3.8, 4) is 0 Å². The molecule has 1 aliphatic rings. The van der Waals surface area contributed by atoms with Crippen molar-refractivity contribution in [1.29, 1.82) is 0 Å². The number of ketones is 1. The summed E-state index contributed by atoms with van der Waals surface area (Å²) in [6.45, 7) is 0.139. The maximum Gasteiger partial charge on any atom is 0.261 e. The van der Waals surface area contributed by atoms with Crippen molar-refractivity contribution in [2.45, 2.75) is 11.3 Å². The first-order valence-electron chi connectivity index (χ1n) is 7.31. The molecular formula is C18H15NO3S. The first-order valence-corrected chi connectivity index (χ1v) is 8.30. The lowest BCUT2D eigenvalue weighted by atomic mass is 10.1. The van der Waals surface area contributed by atoms with Gasteiger partial charge < -0.3 is 0 Å². The Balaban J connectivity index is 1.54. The zero-order chi connectivity index (χ0) is 16.2. The molecule has 0 bridgehead atoms. The van der Waals surface area contributed by atoms with E-state index in [1.165, 1.54) is 11.8 Å². The van der Waals surface area contributed by atoms with Crippen LogP contribution in [0.5, 0.6) is 0 Å². The number of carbonyl (C=O) groups excluding carboxylic acids is 3. The Morgan fingerprint density at radius 2 is 1.43 bits per heavy atom. The highest BCUT2D eigenvalue weighted by Crippen LogP contribution is 2.23. The monoisotopic (exact) mass is 325 g/mol. The highest BCUT2D eigenvalue weighted by Gasteiger charge is 2.34. The van der Waals surface area contributed by atoms with Crippen molar-refractivity contribution in [3.05, 3.63) is 65.7 Å². The van der Waals surface area contributed by atoms with Crippen LogP contribution in [-0.4, -0.2) is 34.8 Å². The maximum atomic E-state index is 12.2. The summed E-state index contributed by atoms with van der Waals surface area (Å²) in [5, 5.41) is 0. The second kappa shape index (κ2) is 6.79. The average Bonchev–Trinajstić information content (AvgIpc) is 2.83. The number of hydrogen-bond acceptors (Lipinski definition) is 4. The molecule has 1 aliphatic heterocycles. The Hall–Kier alpha value is -2.40. The van der Waals surface area contributed by atoms with E-state index in [1.54, 1.807) is 24.3 Å². The molecule has 0 saturated heterocycles. The third-order valence-corrected chi connectivity index (χ3v) is 4.71. The van der Waals surface area contributed by atoms with E-state index >= 15 is 0 Å². The van der Waals surface area contributed by atoms with E-state index in [-0.39, 0.29) is 30.6 Å². The average molecular weight is 325 g/mol. The number of benzene rings is 2. The molecule has 5 heteroatoms. The summed E-state index contributed by atoms with van der Waals surface area (Å²) >= 11 is 1.46. The molecule has 0 fully saturated rings. The molecule has 4 nitrogen and oxygen atoms in total. The van der Waals surface area contributed by atoms with Gasteiger partial charge in [-0.25, -0.2) is 0 Å². The van der Waals surface area contributed by atoms with Crippen LogP contribution in [0.15, 0.2) is 59.5 Å². The minimum atomic E-state index is -0.311. The third kappa shape index (κ3) is 3.35. The van der Waals surface area contributed by atoms with Crippen LogP contribution in [0.4, 0.5) is 0 Å². The van der Waals surface area contributed by atoms with E-state index in [9.17, 15) is 14.4 Å². The van der Waals surface area contributed by atoms with Gasteiger partial charge in [0.2, 0.25) is 0 Å². The van der Waals surface area contributed by atoms with Crippen LogP contribution in [0.25, 0.3) is 0 Å². The van der Waals surface area contributed by atoms with E-state index < -0.39 is 0 Å². The Kier molecular flexibility index (Phi) is 4.57. The number of fused-ring (bicyclic) bond motifs is 1. The molecule has 0 atom stereocenters. The quantitative estimate of drug-likeness (QED) is 0.605. The van der Waals surface area contributed by atoms with Crippen LogP contribution in [0.1, 0.15) is 27.1 Å². The Morgan fingerprint density at radius 1 is 0.870 bits per heavy atom. The number of thioether (sulfide) groups is 1. The Morgan fingerprint density at radius 3 is 2.04 bits per heavy atom. The molecule has 3 rings (SSSR count). The molecule has 0 aliphatic carbocycles. The molecular weight excluding hydrogens is 310 g/mol. The highest BCUT2D eigenvalue weighted by molar-refractivity contribution is 8.00. The molecule has 1 heterocycles. The third-order valence-electron chi connectivity index (χ3n) is 3.64. The molecule has 23 heavy (non-hydrogen) atoms. The molecule has 2 aromatic carbocycles. The van der Waals surface area contributed by atoms with Crippen molar-refractivity contribution in [1.82, 2.24) is 4.90 Å². The molecule has 0 aromatic heterocycles. The Labute approximate surface area is 138 Å².